The molecular weight excluding hydrogens is 265 g/mol. The van der Waals surface area contributed by atoms with E-state index in [4.69, 9.17) is 18.6 Å². The third kappa shape index (κ3) is 10.8. The van der Waals surface area contributed by atoms with Crippen molar-refractivity contribution in [3.63, 3.8) is 0 Å². The first-order valence-corrected chi connectivity index (χ1v) is 9.35. The van der Waals surface area contributed by atoms with Crippen molar-refractivity contribution < 1.29 is 17.0 Å². The van der Waals surface area contributed by atoms with E-state index < -0.39 is 17.0 Å². The van der Waals surface area contributed by atoms with E-state index in [0.717, 1.165) is 11.4 Å². The van der Waals surface area contributed by atoms with E-state index in [-0.39, 0.29) is 0 Å². The van der Waals surface area contributed by atoms with E-state index in [1.54, 1.807) is 0 Å². The van der Waals surface area contributed by atoms with Gasteiger partial charge in [-0.25, -0.2) is 0 Å². The first-order valence-electron chi connectivity index (χ1n) is 5.05. The van der Waals surface area contributed by atoms with Crippen LogP contribution in [-0.2, 0) is 17.0 Å². The zero-order valence-electron chi connectivity index (χ0n) is 9.26. The van der Waals surface area contributed by atoms with Gasteiger partial charge in [0.05, 0.1) is 0 Å². The summed E-state index contributed by atoms with van der Waals surface area (Å²) in [5.41, 5.74) is 2.22. The van der Waals surface area contributed by atoms with Crippen LogP contribution in [0.4, 0.5) is 0 Å². The van der Waals surface area contributed by atoms with Crippen molar-refractivity contribution in [2.45, 2.75) is 39.5 Å². The molecule has 15 heavy (non-hydrogen) atoms. The van der Waals surface area contributed by atoms with Gasteiger partial charge in [-0.15, -0.1) is 5.69 Å². The van der Waals surface area contributed by atoms with Gasteiger partial charge in [0.2, 0.25) is 0 Å². The first-order chi connectivity index (χ1) is 7.20. The van der Waals surface area contributed by atoms with Crippen molar-refractivity contribution in [3.05, 3.63) is 29.9 Å². The van der Waals surface area contributed by atoms with Gasteiger partial charge in [-0.1, -0.05) is 32.4 Å². The SMILES string of the molecule is Cc1cc[c-](C)n1.[CH-]1CCCC1.[Cl][Ti][Cl]. The fourth-order valence-electron chi connectivity index (χ4n) is 1.32. The van der Waals surface area contributed by atoms with E-state index in [1.165, 1.54) is 25.7 Å². The van der Waals surface area contributed by atoms with Gasteiger partial charge >= 0.3 is 35.6 Å². The van der Waals surface area contributed by atoms with Crippen LogP contribution in [0.1, 0.15) is 37.1 Å². The normalized spacial score (nSPS) is 13.3. The van der Waals surface area contributed by atoms with Crippen LogP contribution >= 0.6 is 18.6 Å². The summed E-state index contributed by atoms with van der Waals surface area (Å²) in [6, 6.07) is 4.02. The van der Waals surface area contributed by atoms with Crippen molar-refractivity contribution >= 4 is 18.6 Å². The molecule has 86 valence electrons. The number of aryl methyl sites for hydroxylation is 2. The molecule has 0 radical (unpaired) electrons. The zero-order valence-corrected chi connectivity index (χ0v) is 12.3. The first kappa shape index (κ1) is 15.6. The molecular formula is C11H17Cl2NTi-2. The third-order valence-corrected chi connectivity index (χ3v) is 1.98. The van der Waals surface area contributed by atoms with Crippen LogP contribution in [0.25, 0.3) is 0 Å². The van der Waals surface area contributed by atoms with Crippen LogP contribution in [0.3, 0.4) is 0 Å². The van der Waals surface area contributed by atoms with Gasteiger partial charge in [0.15, 0.2) is 0 Å². The number of rotatable bonds is 0. The van der Waals surface area contributed by atoms with Crippen molar-refractivity contribution in [2.24, 2.45) is 0 Å². The predicted molar refractivity (Wildman–Crippen MR) is 63.8 cm³/mol. The van der Waals surface area contributed by atoms with Crippen molar-refractivity contribution in [3.8, 4) is 0 Å². The van der Waals surface area contributed by atoms with Gasteiger partial charge in [-0.05, 0) is 0 Å². The van der Waals surface area contributed by atoms with E-state index in [0.29, 0.717) is 0 Å². The molecule has 1 nitrogen and oxygen atoms in total. The fraction of sp³-hybridized carbons (Fsp3) is 0.545. The van der Waals surface area contributed by atoms with E-state index in [2.05, 4.69) is 11.4 Å². The maximum absolute atomic E-state index is 4.89. The Morgan fingerprint density at radius 1 is 1.40 bits per heavy atom. The van der Waals surface area contributed by atoms with Gasteiger partial charge in [0, 0.05) is 0 Å². The molecule has 0 bridgehead atoms. The number of nitrogens with zero attached hydrogens (tertiary/aromatic N) is 1. The zero-order chi connectivity index (χ0) is 11.5. The summed E-state index contributed by atoms with van der Waals surface area (Å²) in [6.45, 7) is 3.99. The number of hydrogen-bond donors (Lipinski definition) is 0. The fourth-order valence-corrected chi connectivity index (χ4v) is 1.32. The minimum atomic E-state index is -0.556. The molecule has 0 spiro atoms. The Kier molecular flexibility index (Phi) is 11.5. The Morgan fingerprint density at radius 3 is 2.07 bits per heavy atom. The van der Waals surface area contributed by atoms with Crippen LogP contribution < -0.4 is 0 Å². The minimum absolute atomic E-state index is 0.556. The molecule has 0 unspecified atom stereocenters. The second-order valence-electron chi connectivity index (χ2n) is 3.37. The summed E-state index contributed by atoms with van der Waals surface area (Å²) in [6.07, 6.45) is 8.00. The molecule has 0 atom stereocenters. The average Bonchev–Trinajstić information content (AvgIpc) is 2.81. The molecule has 0 aliphatic heterocycles. The van der Waals surface area contributed by atoms with Crippen LogP contribution in [-0.4, -0.2) is 4.98 Å². The van der Waals surface area contributed by atoms with Crippen molar-refractivity contribution in [2.75, 3.05) is 0 Å². The molecule has 0 N–H and O–H groups in total. The molecule has 1 aromatic rings. The molecule has 1 fully saturated rings. The van der Waals surface area contributed by atoms with Gasteiger partial charge < -0.3 is 11.4 Å². The molecule has 4 heteroatoms. The van der Waals surface area contributed by atoms with Gasteiger partial charge in [0.1, 0.15) is 0 Å². The summed E-state index contributed by atoms with van der Waals surface area (Å²) in [5.74, 6) is 0. The average molecular weight is 282 g/mol. The van der Waals surface area contributed by atoms with Crippen LogP contribution in [0.15, 0.2) is 12.1 Å². The van der Waals surface area contributed by atoms with Crippen molar-refractivity contribution in [1.82, 2.24) is 4.98 Å². The summed E-state index contributed by atoms with van der Waals surface area (Å²) in [4.78, 5) is 4.11. The molecule has 0 aromatic carbocycles. The Bertz CT molecular complexity index is 210. The second-order valence-corrected chi connectivity index (χ2v) is 5.95. The Balaban J connectivity index is 0.000000216. The molecule has 1 heterocycles. The molecule has 1 aliphatic rings. The van der Waals surface area contributed by atoms with Gasteiger partial charge in [0.25, 0.3) is 0 Å². The molecule has 0 saturated heterocycles. The summed E-state index contributed by atoms with van der Waals surface area (Å²) < 4.78 is 0. The Hall–Kier alpha value is 0.574. The van der Waals surface area contributed by atoms with Crippen molar-refractivity contribution in [1.29, 1.82) is 0 Å². The summed E-state index contributed by atoms with van der Waals surface area (Å²) in [5, 5.41) is 0. The van der Waals surface area contributed by atoms with Gasteiger partial charge in [-0.3, -0.25) is 0 Å². The van der Waals surface area contributed by atoms with Gasteiger partial charge in [-0.2, -0.15) is 25.0 Å². The Labute approximate surface area is 110 Å². The third-order valence-electron chi connectivity index (χ3n) is 1.98. The standard InChI is InChI=1S/C6H8N.C5H9.2ClH.Ti/c1-5-3-4-6(2)7-5;1-2-4-5-3-1;;;/h3-4H,1-2H3;1H,2-5H2;2*1H;/q2*-1;;;+2/p-2. The summed E-state index contributed by atoms with van der Waals surface area (Å²) in [7, 11) is 9.78. The molecule has 0 amide bonds. The predicted octanol–water partition coefficient (Wildman–Crippen LogP) is 4.56. The monoisotopic (exact) mass is 281 g/mol. The van der Waals surface area contributed by atoms with E-state index in [9.17, 15) is 0 Å². The van der Waals surface area contributed by atoms with Crippen LogP contribution in [0, 0.1) is 20.3 Å². The molecule has 2 rings (SSSR count). The number of hydrogen-bond acceptors (Lipinski definition) is 1. The number of aromatic nitrogens is 1. The topological polar surface area (TPSA) is 12.9 Å². The maximum atomic E-state index is 4.89. The molecule has 1 saturated carbocycles. The van der Waals surface area contributed by atoms with E-state index >= 15 is 0 Å². The summed E-state index contributed by atoms with van der Waals surface area (Å²) >= 11 is -0.556. The van der Waals surface area contributed by atoms with Crippen LogP contribution in [0.5, 0.6) is 0 Å². The Morgan fingerprint density at radius 2 is 1.93 bits per heavy atom. The molecule has 1 aliphatic carbocycles. The quantitative estimate of drug-likeness (QED) is 0.502. The van der Waals surface area contributed by atoms with E-state index in [1.807, 2.05) is 26.0 Å². The second kappa shape index (κ2) is 11.1. The molecule has 1 aromatic heterocycles. The van der Waals surface area contributed by atoms with Crippen LogP contribution in [0.2, 0.25) is 0 Å². The number of halogens is 2.